The number of hydrazine groups is 1. The lowest BCUT2D eigenvalue weighted by Gasteiger charge is -1.97. The van der Waals surface area contributed by atoms with Crippen molar-refractivity contribution in [1.29, 1.82) is 0 Å². The Morgan fingerprint density at radius 2 is 1.25 bits per heavy atom. The van der Waals surface area contributed by atoms with E-state index in [1.807, 2.05) is 29.3 Å². The minimum Gasteiger partial charge on any atom is -0.269 e. The summed E-state index contributed by atoms with van der Waals surface area (Å²) in [6.07, 6.45) is 0. The molecule has 0 aromatic rings. The molecule has 0 aliphatic heterocycles. The highest BCUT2D eigenvalue weighted by Gasteiger charge is 1.88. The average Bonchev–Trinajstić information content (AvgIpc) is 1.61. The highest BCUT2D eigenvalue weighted by Crippen LogP contribution is 1.81. The topological polar surface area (TPSA) is 58.2 Å². The summed E-state index contributed by atoms with van der Waals surface area (Å²) in [5, 5.41) is 0. The standard InChI is InChI=1S/C2H6N2O2P2/c5-1(7)3-4-2(6)8/h7-8H2,(H,3,5)(H,4,6). The molecular weight excluding hydrogens is 146 g/mol. The predicted molar refractivity (Wildman–Crippen MR) is 36.5 cm³/mol. The number of carbonyl (C=O) groups is 2. The first-order valence-corrected chi connectivity index (χ1v) is 2.89. The number of carbonyl (C=O) groups excluding carboxylic acids is 2. The van der Waals surface area contributed by atoms with Crippen molar-refractivity contribution in [3.63, 3.8) is 0 Å². The van der Waals surface area contributed by atoms with Gasteiger partial charge in [-0.15, -0.1) is 0 Å². The second-order valence-electron chi connectivity index (χ2n) is 0.979. The van der Waals surface area contributed by atoms with Crippen molar-refractivity contribution in [2.24, 2.45) is 0 Å². The second kappa shape index (κ2) is 3.76. The molecule has 0 aliphatic carbocycles. The summed E-state index contributed by atoms with van der Waals surface area (Å²) in [6, 6.07) is 0. The van der Waals surface area contributed by atoms with Crippen molar-refractivity contribution in [3.05, 3.63) is 0 Å². The largest absolute Gasteiger partial charge is 0.269 e. The van der Waals surface area contributed by atoms with Crippen LogP contribution in [0.25, 0.3) is 0 Å². The molecule has 0 aromatic heterocycles. The van der Waals surface area contributed by atoms with Crippen LogP contribution in [0.2, 0.25) is 0 Å². The molecule has 0 saturated heterocycles. The van der Waals surface area contributed by atoms with E-state index >= 15 is 0 Å². The molecule has 0 saturated carbocycles. The molecule has 8 heavy (non-hydrogen) atoms. The van der Waals surface area contributed by atoms with E-state index in [2.05, 4.69) is 0 Å². The Bertz CT molecular complexity index is 101. The number of hydrogen-bond donors (Lipinski definition) is 2. The van der Waals surface area contributed by atoms with Crippen LogP contribution in [-0.2, 0) is 0 Å². The molecule has 2 unspecified atom stereocenters. The monoisotopic (exact) mass is 152 g/mol. The molecule has 4 nitrogen and oxygen atoms in total. The van der Waals surface area contributed by atoms with Crippen LogP contribution in [0.4, 0.5) is 9.59 Å². The molecule has 2 N–H and O–H groups in total. The lowest BCUT2D eigenvalue weighted by Crippen LogP contribution is -2.34. The van der Waals surface area contributed by atoms with Crippen molar-refractivity contribution in [2.45, 2.75) is 0 Å². The van der Waals surface area contributed by atoms with Gasteiger partial charge in [0.2, 0.25) is 0 Å². The van der Waals surface area contributed by atoms with Crippen LogP contribution in [0.3, 0.4) is 0 Å². The summed E-state index contributed by atoms with van der Waals surface area (Å²) in [5.41, 5.74) is 3.35. The van der Waals surface area contributed by atoms with Gasteiger partial charge in [-0.25, -0.2) is 0 Å². The summed E-state index contributed by atoms with van der Waals surface area (Å²) in [4.78, 5) is 20.0. The zero-order chi connectivity index (χ0) is 6.57. The fourth-order valence-electron chi connectivity index (χ4n) is 0.123. The molecule has 0 bridgehead atoms. The number of nitrogens with one attached hydrogen (secondary N) is 2. The molecule has 0 aliphatic rings. The molecule has 0 rings (SSSR count). The van der Waals surface area contributed by atoms with Crippen LogP contribution in [0.5, 0.6) is 0 Å². The SMILES string of the molecule is O=C(P)NNC(=O)P. The van der Waals surface area contributed by atoms with Gasteiger partial charge >= 0.3 is 0 Å². The van der Waals surface area contributed by atoms with Crippen molar-refractivity contribution in [2.75, 3.05) is 0 Å². The maximum absolute atomic E-state index is 9.98. The summed E-state index contributed by atoms with van der Waals surface area (Å²) in [6.45, 7) is 0. The lowest BCUT2D eigenvalue weighted by molar-refractivity contribution is 0.247. The molecule has 0 radical (unpaired) electrons. The van der Waals surface area contributed by atoms with Gasteiger partial charge in [0.05, 0.1) is 0 Å². The quantitative estimate of drug-likeness (QED) is 0.381. The molecule has 6 heteroatoms. The van der Waals surface area contributed by atoms with Crippen LogP contribution in [0, 0.1) is 0 Å². The van der Waals surface area contributed by atoms with E-state index in [0.717, 1.165) is 0 Å². The Labute approximate surface area is 51.2 Å². The zero-order valence-electron chi connectivity index (χ0n) is 3.97. The van der Waals surface area contributed by atoms with Gasteiger partial charge in [0.1, 0.15) is 0 Å². The van der Waals surface area contributed by atoms with Crippen LogP contribution >= 0.6 is 18.5 Å². The molecule has 0 heterocycles. The van der Waals surface area contributed by atoms with Gasteiger partial charge in [-0.2, -0.15) is 0 Å². The van der Waals surface area contributed by atoms with E-state index in [0.29, 0.717) is 0 Å². The Balaban J connectivity index is 3.18. The second-order valence-corrected chi connectivity index (χ2v) is 2.03. The average molecular weight is 152 g/mol. The molecule has 0 aromatic carbocycles. The van der Waals surface area contributed by atoms with Crippen molar-refractivity contribution < 1.29 is 9.59 Å². The van der Waals surface area contributed by atoms with E-state index in [9.17, 15) is 9.59 Å². The minimum atomic E-state index is -0.374. The summed E-state index contributed by atoms with van der Waals surface area (Å²) in [5.74, 6) is 0. The van der Waals surface area contributed by atoms with E-state index in [-0.39, 0.29) is 11.3 Å². The first kappa shape index (κ1) is 7.80. The van der Waals surface area contributed by atoms with E-state index in [4.69, 9.17) is 0 Å². The Hall–Kier alpha value is -0.200. The van der Waals surface area contributed by atoms with E-state index in [1.165, 1.54) is 0 Å². The van der Waals surface area contributed by atoms with Crippen molar-refractivity contribution in [3.8, 4) is 0 Å². The predicted octanol–water partition coefficient (Wildman–Crippen LogP) is 0.0708. The van der Waals surface area contributed by atoms with E-state index < -0.39 is 0 Å². The fraction of sp³-hybridized carbons (Fsp3) is 0. The molecule has 46 valence electrons. The Kier molecular flexibility index (Phi) is 3.67. The molecule has 0 fully saturated rings. The highest BCUT2D eigenvalue weighted by molar-refractivity contribution is 7.40. The maximum Gasteiger partial charge on any atom is 0.253 e. The third kappa shape index (κ3) is 5.80. The third-order valence-electron chi connectivity index (χ3n) is 0.309. The summed E-state index contributed by atoms with van der Waals surface area (Å²) in [7, 11) is 3.70. The number of hydrogen-bond acceptors (Lipinski definition) is 2. The normalized spacial score (nSPS) is 7.75. The van der Waals surface area contributed by atoms with Gasteiger partial charge in [0.15, 0.2) is 0 Å². The third-order valence-corrected chi connectivity index (χ3v) is 0.598. The first-order chi connectivity index (χ1) is 3.63. The number of rotatable bonds is 0. The maximum atomic E-state index is 9.98. The van der Waals surface area contributed by atoms with Crippen molar-refractivity contribution >= 4 is 29.8 Å². The lowest BCUT2D eigenvalue weighted by atomic mass is 11.3. The summed E-state index contributed by atoms with van der Waals surface area (Å²) < 4.78 is 0. The van der Waals surface area contributed by atoms with Gasteiger partial charge < -0.3 is 0 Å². The van der Waals surface area contributed by atoms with E-state index in [1.54, 1.807) is 0 Å². The van der Waals surface area contributed by atoms with Crippen LogP contribution in [0.15, 0.2) is 0 Å². The summed E-state index contributed by atoms with van der Waals surface area (Å²) >= 11 is 0. The van der Waals surface area contributed by atoms with Crippen LogP contribution < -0.4 is 10.9 Å². The van der Waals surface area contributed by atoms with Crippen molar-refractivity contribution in [1.82, 2.24) is 10.9 Å². The van der Waals surface area contributed by atoms with Crippen LogP contribution in [-0.4, -0.2) is 11.3 Å². The van der Waals surface area contributed by atoms with Gasteiger partial charge in [0, 0.05) is 0 Å². The minimum absolute atomic E-state index is 0.374. The first-order valence-electron chi connectivity index (χ1n) is 1.74. The van der Waals surface area contributed by atoms with Gasteiger partial charge in [-0.1, -0.05) is 0 Å². The highest BCUT2D eigenvalue weighted by atomic mass is 31.0. The van der Waals surface area contributed by atoms with Gasteiger partial charge in [-0.05, 0) is 18.5 Å². The fourth-order valence-corrected chi connectivity index (χ4v) is 0.268. The Morgan fingerprint density at radius 3 is 1.38 bits per heavy atom. The molecule has 0 spiro atoms. The molecule has 2 amide bonds. The molecular formula is C2H6N2O2P2. The number of amides is 2. The molecule has 2 atom stereocenters. The smallest absolute Gasteiger partial charge is 0.253 e. The van der Waals surface area contributed by atoms with Gasteiger partial charge in [0.25, 0.3) is 11.3 Å². The van der Waals surface area contributed by atoms with Crippen LogP contribution in [0.1, 0.15) is 0 Å². The Morgan fingerprint density at radius 1 is 1.00 bits per heavy atom. The zero-order valence-corrected chi connectivity index (χ0v) is 6.28. The van der Waals surface area contributed by atoms with Gasteiger partial charge in [-0.3, -0.25) is 20.4 Å².